The number of nitrogens with zero attached hydrogens (tertiary/aromatic N) is 1. The van der Waals surface area contributed by atoms with Gasteiger partial charge in [0, 0.05) is 13.1 Å². The van der Waals surface area contributed by atoms with E-state index in [-0.39, 0.29) is 0 Å². The summed E-state index contributed by atoms with van der Waals surface area (Å²) in [7, 11) is -0.728. The van der Waals surface area contributed by atoms with Gasteiger partial charge in [0.15, 0.2) is 9.84 Å². The monoisotopic (exact) mass is 248 g/mol. The molecule has 4 nitrogen and oxygen atoms in total. The summed E-state index contributed by atoms with van der Waals surface area (Å²) in [5, 5.41) is 3.14. The molecule has 0 aromatic carbocycles. The molecule has 0 spiro atoms. The normalized spacial score (nSPS) is 21.1. The van der Waals surface area contributed by atoms with E-state index in [0.717, 1.165) is 26.2 Å². The van der Waals surface area contributed by atoms with Crippen LogP contribution in [-0.4, -0.2) is 58.1 Å². The molecule has 0 amide bonds. The van der Waals surface area contributed by atoms with Crippen LogP contribution >= 0.6 is 0 Å². The van der Waals surface area contributed by atoms with E-state index in [4.69, 9.17) is 0 Å². The van der Waals surface area contributed by atoms with Gasteiger partial charge in [-0.05, 0) is 33.0 Å². The molecule has 0 aromatic heterocycles. The zero-order chi connectivity index (χ0) is 11.9. The van der Waals surface area contributed by atoms with E-state index in [2.05, 4.69) is 10.2 Å². The molecule has 0 aliphatic carbocycles. The third kappa shape index (κ3) is 5.82. The number of sulfone groups is 1. The second-order valence-electron chi connectivity index (χ2n) is 4.51. The minimum Gasteiger partial charge on any atom is -0.320 e. The van der Waals surface area contributed by atoms with Gasteiger partial charge in [-0.3, -0.25) is 0 Å². The Bertz CT molecular complexity index is 264. The summed E-state index contributed by atoms with van der Waals surface area (Å²) in [6.07, 6.45) is 4.96. The Morgan fingerprint density at radius 1 is 1.06 bits per heavy atom. The molecule has 0 atom stereocenters. The van der Waals surface area contributed by atoms with Crippen molar-refractivity contribution in [1.82, 2.24) is 10.2 Å². The van der Waals surface area contributed by atoms with Crippen LogP contribution in [0.1, 0.15) is 25.7 Å². The number of rotatable bonds is 7. The van der Waals surface area contributed by atoms with Crippen LogP contribution in [-0.2, 0) is 9.84 Å². The van der Waals surface area contributed by atoms with E-state index in [9.17, 15) is 8.42 Å². The molecule has 1 aliphatic heterocycles. The SMILES string of the molecule is CNCCCCCCN1CCS(=O)(=O)CC1. The zero-order valence-electron chi connectivity index (χ0n) is 10.2. The first kappa shape index (κ1) is 13.9. The van der Waals surface area contributed by atoms with Crippen LogP contribution in [0, 0.1) is 0 Å². The molecule has 0 aromatic rings. The standard InChI is InChI=1S/C11H24N2O2S/c1-12-6-4-2-3-5-7-13-8-10-16(14,15)11-9-13/h12H,2-11H2,1H3. The van der Waals surface area contributed by atoms with Crippen LogP contribution < -0.4 is 5.32 Å². The Hall–Kier alpha value is -0.130. The van der Waals surface area contributed by atoms with Gasteiger partial charge in [-0.25, -0.2) is 8.42 Å². The second kappa shape index (κ2) is 7.25. The highest BCUT2D eigenvalue weighted by Gasteiger charge is 2.20. The fourth-order valence-electron chi connectivity index (χ4n) is 1.96. The Morgan fingerprint density at radius 3 is 2.31 bits per heavy atom. The number of unbranched alkanes of at least 4 members (excludes halogenated alkanes) is 3. The predicted octanol–water partition coefficient (Wildman–Crippen LogP) is 0.497. The predicted molar refractivity (Wildman–Crippen MR) is 67.5 cm³/mol. The lowest BCUT2D eigenvalue weighted by molar-refractivity contribution is 0.288. The Labute approximate surface area is 99.3 Å². The molecule has 1 rings (SSSR count). The van der Waals surface area contributed by atoms with Crippen molar-refractivity contribution in [3.05, 3.63) is 0 Å². The summed E-state index contributed by atoms with van der Waals surface area (Å²) in [5.74, 6) is 0.708. The average molecular weight is 248 g/mol. The molecule has 1 heterocycles. The van der Waals surface area contributed by atoms with Crippen molar-refractivity contribution in [2.24, 2.45) is 0 Å². The fraction of sp³-hybridized carbons (Fsp3) is 1.00. The van der Waals surface area contributed by atoms with Gasteiger partial charge in [-0.1, -0.05) is 12.8 Å². The highest BCUT2D eigenvalue weighted by molar-refractivity contribution is 7.91. The topological polar surface area (TPSA) is 49.4 Å². The maximum Gasteiger partial charge on any atom is 0.152 e. The van der Waals surface area contributed by atoms with Crippen molar-refractivity contribution in [3.8, 4) is 0 Å². The first-order valence-corrected chi connectivity index (χ1v) is 8.03. The summed E-state index contributed by atoms with van der Waals surface area (Å²) in [4.78, 5) is 2.28. The van der Waals surface area contributed by atoms with E-state index in [1.165, 1.54) is 25.7 Å². The lowest BCUT2D eigenvalue weighted by atomic mass is 10.2. The third-order valence-corrected chi connectivity index (χ3v) is 4.70. The molecule has 1 N–H and O–H groups in total. The van der Waals surface area contributed by atoms with Crippen molar-refractivity contribution in [2.75, 3.05) is 44.7 Å². The van der Waals surface area contributed by atoms with Gasteiger partial charge in [0.25, 0.3) is 0 Å². The van der Waals surface area contributed by atoms with Gasteiger partial charge in [0.05, 0.1) is 11.5 Å². The highest BCUT2D eigenvalue weighted by atomic mass is 32.2. The van der Waals surface area contributed by atoms with E-state index in [1.54, 1.807) is 0 Å². The Kier molecular flexibility index (Phi) is 6.31. The minimum atomic E-state index is -2.71. The van der Waals surface area contributed by atoms with Crippen molar-refractivity contribution in [1.29, 1.82) is 0 Å². The lowest BCUT2D eigenvalue weighted by Crippen LogP contribution is -2.40. The fourth-order valence-corrected chi connectivity index (χ4v) is 3.24. The summed E-state index contributed by atoms with van der Waals surface area (Å²) in [6, 6.07) is 0. The minimum absolute atomic E-state index is 0.354. The molecule has 0 unspecified atom stereocenters. The molecule has 0 saturated carbocycles. The molecule has 0 radical (unpaired) electrons. The maximum atomic E-state index is 11.2. The largest absolute Gasteiger partial charge is 0.320 e. The molecule has 1 fully saturated rings. The maximum absolute atomic E-state index is 11.2. The average Bonchev–Trinajstić information content (AvgIpc) is 2.25. The van der Waals surface area contributed by atoms with Crippen LogP contribution in [0.4, 0.5) is 0 Å². The molecule has 96 valence electrons. The number of hydrogen-bond donors (Lipinski definition) is 1. The smallest absolute Gasteiger partial charge is 0.152 e. The first-order valence-electron chi connectivity index (χ1n) is 6.21. The van der Waals surface area contributed by atoms with Crippen molar-refractivity contribution >= 4 is 9.84 Å². The van der Waals surface area contributed by atoms with Crippen LogP contribution in [0.25, 0.3) is 0 Å². The molecule has 0 bridgehead atoms. The molecule has 1 aliphatic rings. The second-order valence-corrected chi connectivity index (χ2v) is 6.81. The molecular formula is C11H24N2O2S. The van der Waals surface area contributed by atoms with Crippen LogP contribution in [0.5, 0.6) is 0 Å². The van der Waals surface area contributed by atoms with Gasteiger partial charge in [-0.15, -0.1) is 0 Å². The third-order valence-electron chi connectivity index (χ3n) is 3.09. The van der Waals surface area contributed by atoms with Gasteiger partial charge < -0.3 is 10.2 Å². The lowest BCUT2D eigenvalue weighted by Gasteiger charge is -2.26. The first-order chi connectivity index (χ1) is 7.64. The van der Waals surface area contributed by atoms with Gasteiger partial charge in [-0.2, -0.15) is 0 Å². The van der Waals surface area contributed by atoms with Crippen molar-refractivity contribution in [2.45, 2.75) is 25.7 Å². The summed E-state index contributed by atoms with van der Waals surface area (Å²) in [5.41, 5.74) is 0. The van der Waals surface area contributed by atoms with Crippen molar-refractivity contribution < 1.29 is 8.42 Å². The summed E-state index contributed by atoms with van der Waals surface area (Å²) in [6.45, 7) is 3.63. The van der Waals surface area contributed by atoms with Crippen LogP contribution in [0.3, 0.4) is 0 Å². The Morgan fingerprint density at radius 2 is 1.69 bits per heavy atom. The molecule has 1 saturated heterocycles. The van der Waals surface area contributed by atoms with E-state index in [0.29, 0.717) is 11.5 Å². The van der Waals surface area contributed by atoms with E-state index >= 15 is 0 Å². The highest BCUT2D eigenvalue weighted by Crippen LogP contribution is 2.06. The number of nitrogens with one attached hydrogen (secondary N) is 1. The molecule has 5 heteroatoms. The quantitative estimate of drug-likeness (QED) is 0.667. The zero-order valence-corrected chi connectivity index (χ0v) is 11.1. The van der Waals surface area contributed by atoms with Crippen molar-refractivity contribution in [3.63, 3.8) is 0 Å². The number of hydrogen-bond acceptors (Lipinski definition) is 4. The van der Waals surface area contributed by atoms with E-state index < -0.39 is 9.84 Å². The van der Waals surface area contributed by atoms with E-state index in [1.807, 2.05) is 7.05 Å². The summed E-state index contributed by atoms with van der Waals surface area (Å²) >= 11 is 0. The van der Waals surface area contributed by atoms with Crippen LogP contribution in [0.2, 0.25) is 0 Å². The molecular weight excluding hydrogens is 224 g/mol. The van der Waals surface area contributed by atoms with Gasteiger partial charge in [0.2, 0.25) is 0 Å². The van der Waals surface area contributed by atoms with Gasteiger partial charge in [0.1, 0.15) is 0 Å². The molecule has 16 heavy (non-hydrogen) atoms. The Balaban J connectivity index is 1.98. The van der Waals surface area contributed by atoms with Gasteiger partial charge >= 0.3 is 0 Å². The summed E-state index contributed by atoms with van der Waals surface area (Å²) < 4.78 is 22.4. The van der Waals surface area contributed by atoms with Crippen LogP contribution in [0.15, 0.2) is 0 Å².